The van der Waals surface area contributed by atoms with E-state index < -0.39 is 23.1 Å². The summed E-state index contributed by atoms with van der Waals surface area (Å²) in [4.78, 5) is 31.4. The van der Waals surface area contributed by atoms with Gasteiger partial charge in [0.15, 0.2) is 0 Å². The van der Waals surface area contributed by atoms with Gasteiger partial charge >= 0.3 is 0 Å². The number of hydrogen-bond acceptors (Lipinski definition) is 4. The van der Waals surface area contributed by atoms with Crippen LogP contribution in [0.2, 0.25) is 0 Å². The van der Waals surface area contributed by atoms with Crippen molar-refractivity contribution in [3.8, 4) is 0 Å². The molecule has 0 saturated carbocycles. The van der Waals surface area contributed by atoms with Crippen molar-refractivity contribution in [1.29, 1.82) is 0 Å². The monoisotopic (exact) mass is 372 g/mol. The van der Waals surface area contributed by atoms with Gasteiger partial charge in [-0.15, -0.1) is 0 Å². The molecule has 0 spiro atoms. The van der Waals surface area contributed by atoms with Crippen LogP contribution >= 0.6 is 0 Å². The van der Waals surface area contributed by atoms with E-state index in [0.717, 1.165) is 22.9 Å². The first-order chi connectivity index (χ1) is 12.9. The largest absolute Gasteiger partial charge is 0.344 e. The molecule has 6 nitrogen and oxygen atoms in total. The van der Waals surface area contributed by atoms with Gasteiger partial charge in [0.25, 0.3) is 5.56 Å². The van der Waals surface area contributed by atoms with E-state index >= 15 is 0 Å². The molecular weight excluding hydrogens is 354 g/mol. The molecule has 3 rings (SSSR count). The molecule has 1 amide bonds. The van der Waals surface area contributed by atoms with E-state index in [9.17, 15) is 18.4 Å². The van der Waals surface area contributed by atoms with Crippen LogP contribution in [0.4, 0.5) is 14.7 Å². The number of fused-ring (bicyclic) bond motifs is 1. The molecule has 3 aromatic rings. The molecule has 0 unspecified atom stereocenters. The molecule has 0 atom stereocenters. The van der Waals surface area contributed by atoms with E-state index in [4.69, 9.17) is 0 Å². The SMILES string of the molecule is CCN(C)c1nc2ccccc2c(=O)n1NC(=O)Cc1cc(F)cc(F)c1. The van der Waals surface area contributed by atoms with Gasteiger partial charge in [-0.1, -0.05) is 12.1 Å². The van der Waals surface area contributed by atoms with Crippen LogP contribution in [-0.4, -0.2) is 29.2 Å². The zero-order chi connectivity index (χ0) is 19.6. The fourth-order valence-electron chi connectivity index (χ4n) is 2.68. The second kappa shape index (κ2) is 7.53. The summed E-state index contributed by atoms with van der Waals surface area (Å²) in [6.07, 6.45) is -0.288. The third kappa shape index (κ3) is 3.94. The summed E-state index contributed by atoms with van der Waals surface area (Å²) in [6, 6.07) is 9.68. The van der Waals surface area contributed by atoms with E-state index in [0.29, 0.717) is 17.4 Å². The summed E-state index contributed by atoms with van der Waals surface area (Å²) in [5.41, 5.74) is 2.73. The highest BCUT2D eigenvalue weighted by atomic mass is 19.1. The topological polar surface area (TPSA) is 67.2 Å². The summed E-state index contributed by atoms with van der Waals surface area (Å²) >= 11 is 0. The second-order valence-corrected chi connectivity index (χ2v) is 6.07. The van der Waals surface area contributed by atoms with Crippen LogP contribution in [0.25, 0.3) is 10.9 Å². The van der Waals surface area contributed by atoms with Crippen LogP contribution in [0.5, 0.6) is 0 Å². The minimum Gasteiger partial charge on any atom is -0.344 e. The maximum absolute atomic E-state index is 13.3. The molecule has 0 aliphatic rings. The number of aromatic nitrogens is 2. The van der Waals surface area contributed by atoms with E-state index in [-0.39, 0.29) is 17.9 Å². The molecule has 0 fully saturated rings. The number of rotatable bonds is 5. The molecule has 0 radical (unpaired) electrons. The zero-order valence-corrected chi connectivity index (χ0v) is 14.9. The quantitative estimate of drug-likeness (QED) is 0.747. The maximum Gasteiger partial charge on any atom is 0.281 e. The molecule has 1 N–H and O–H groups in total. The third-order valence-electron chi connectivity index (χ3n) is 4.10. The average molecular weight is 372 g/mol. The predicted octanol–water partition coefficient (Wildman–Crippen LogP) is 2.44. The Hall–Kier alpha value is -3.29. The van der Waals surface area contributed by atoms with Crippen molar-refractivity contribution in [3.05, 3.63) is 70.0 Å². The van der Waals surface area contributed by atoms with Gasteiger partial charge in [-0.25, -0.2) is 13.8 Å². The highest BCUT2D eigenvalue weighted by Gasteiger charge is 2.16. The Morgan fingerprint density at radius 3 is 2.52 bits per heavy atom. The molecule has 27 heavy (non-hydrogen) atoms. The van der Waals surface area contributed by atoms with Crippen molar-refractivity contribution in [2.24, 2.45) is 0 Å². The van der Waals surface area contributed by atoms with Crippen LogP contribution in [0.3, 0.4) is 0 Å². The minimum absolute atomic E-state index is 0.164. The van der Waals surface area contributed by atoms with Gasteiger partial charge in [0, 0.05) is 19.7 Å². The number of halogens is 2. The van der Waals surface area contributed by atoms with E-state index in [1.54, 1.807) is 36.2 Å². The van der Waals surface area contributed by atoms with Gasteiger partial charge < -0.3 is 4.90 Å². The smallest absolute Gasteiger partial charge is 0.281 e. The summed E-state index contributed by atoms with van der Waals surface area (Å²) < 4.78 is 27.7. The predicted molar refractivity (Wildman–Crippen MR) is 99.4 cm³/mol. The first kappa shape index (κ1) is 18.5. The molecule has 0 aliphatic heterocycles. The highest BCUT2D eigenvalue weighted by molar-refractivity contribution is 5.87. The van der Waals surface area contributed by atoms with E-state index in [2.05, 4.69) is 10.4 Å². The number of nitrogens with zero attached hydrogens (tertiary/aromatic N) is 3. The Morgan fingerprint density at radius 2 is 1.85 bits per heavy atom. The normalized spacial score (nSPS) is 10.8. The van der Waals surface area contributed by atoms with Crippen molar-refractivity contribution in [3.63, 3.8) is 0 Å². The number of carbonyl (C=O) groups excluding carboxylic acids is 1. The number of para-hydroxylation sites is 1. The lowest BCUT2D eigenvalue weighted by Gasteiger charge is -2.21. The second-order valence-electron chi connectivity index (χ2n) is 6.07. The van der Waals surface area contributed by atoms with Crippen molar-refractivity contribution < 1.29 is 13.6 Å². The number of benzene rings is 2. The molecule has 0 bridgehead atoms. The van der Waals surface area contributed by atoms with Gasteiger partial charge in [0.1, 0.15) is 11.6 Å². The fourth-order valence-corrected chi connectivity index (χ4v) is 2.68. The molecule has 1 heterocycles. The zero-order valence-electron chi connectivity index (χ0n) is 14.9. The maximum atomic E-state index is 13.3. The Balaban J connectivity index is 1.98. The number of hydrogen-bond donors (Lipinski definition) is 1. The van der Waals surface area contributed by atoms with Crippen LogP contribution < -0.4 is 15.9 Å². The summed E-state index contributed by atoms with van der Waals surface area (Å²) in [5, 5.41) is 0.350. The lowest BCUT2D eigenvalue weighted by molar-refractivity contribution is -0.116. The first-order valence-corrected chi connectivity index (χ1v) is 8.36. The van der Waals surface area contributed by atoms with Crippen molar-refractivity contribution in [2.75, 3.05) is 23.9 Å². The molecule has 0 aliphatic carbocycles. The van der Waals surface area contributed by atoms with Crippen LogP contribution in [-0.2, 0) is 11.2 Å². The van der Waals surface area contributed by atoms with Crippen LogP contribution in [0, 0.1) is 11.6 Å². The molecule has 8 heteroatoms. The number of carbonyl (C=O) groups is 1. The van der Waals surface area contributed by atoms with Crippen molar-refractivity contribution >= 4 is 22.8 Å². The van der Waals surface area contributed by atoms with Crippen molar-refractivity contribution in [2.45, 2.75) is 13.3 Å². The average Bonchev–Trinajstić information content (AvgIpc) is 2.62. The number of anilines is 1. The molecule has 2 aromatic carbocycles. The summed E-state index contributed by atoms with van der Waals surface area (Å²) in [6.45, 7) is 2.43. The van der Waals surface area contributed by atoms with E-state index in [1.807, 2.05) is 6.92 Å². The third-order valence-corrected chi connectivity index (χ3v) is 4.10. The lowest BCUT2D eigenvalue weighted by Crippen LogP contribution is -2.39. The highest BCUT2D eigenvalue weighted by Crippen LogP contribution is 2.13. The van der Waals surface area contributed by atoms with Crippen LogP contribution in [0.15, 0.2) is 47.3 Å². The van der Waals surface area contributed by atoms with Gasteiger partial charge in [0.05, 0.1) is 17.3 Å². The molecule has 1 aromatic heterocycles. The van der Waals surface area contributed by atoms with Gasteiger partial charge in [-0.3, -0.25) is 15.0 Å². The van der Waals surface area contributed by atoms with E-state index in [1.165, 1.54) is 0 Å². The van der Waals surface area contributed by atoms with Crippen LogP contribution in [0.1, 0.15) is 12.5 Å². The van der Waals surface area contributed by atoms with Crippen molar-refractivity contribution in [1.82, 2.24) is 9.66 Å². The summed E-state index contributed by atoms with van der Waals surface area (Å²) in [7, 11) is 1.74. The van der Waals surface area contributed by atoms with Gasteiger partial charge in [0.2, 0.25) is 11.9 Å². The standard InChI is InChI=1S/C19H18F2N4O2/c1-3-24(2)19-22-16-7-5-4-6-15(16)18(27)25(19)23-17(26)10-12-8-13(20)11-14(21)9-12/h4-9,11H,3,10H2,1-2H3,(H,23,26). The first-order valence-electron chi connectivity index (χ1n) is 8.36. The van der Waals surface area contributed by atoms with Gasteiger partial charge in [-0.2, -0.15) is 4.68 Å². The molecule has 140 valence electrons. The Labute approximate surface area is 154 Å². The molecule has 0 saturated heterocycles. The Kier molecular flexibility index (Phi) is 5.16. The van der Waals surface area contributed by atoms with Gasteiger partial charge in [-0.05, 0) is 36.8 Å². The number of amides is 1. The number of nitrogens with one attached hydrogen (secondary N) is 1. The Morgan fingerprint density at radius 1 is 1.19 bits per heavy atom. The molecular formula is C19H18F2N4O2. The minimum atomic E-state index is -0.770. The Bertz CT molecular complexity index is 1040. The fraction of sp³-hybridized carbons (Fsp3) is 0.211. The lowest BCUT2D eigenvalue weighted by atomic mass is 10.1. The summed E-state index contributed by atoms with van der Waals surface area (Å²) in [5.74, 6) is -1.87.